The molecule has 0 spiro atoms. The quantitative estimate of drug-likeness (QED) is 0.888. The summed E-state index contributed by atoms with van der Waals surface area (Å²) in [5.74, 6) is 1.60. The van der Waals surface area contributed by atoms with E-state index < -0.39 is 0 Å². The lowest BCUT2D eigenvalue weighted by atomic mass is 10.3. The van der Waals surface area contributed by atoms with Crippen LogP contribution in [-0.2, 0) is 0 Å². The fourth-order valence-electron chi connectivity index (χ4n) is 1.42. The number of aryl methyl sites for hydroxylation is 2. The van der Waals surface area contributed by atoms with Gasteiger partial charge in [0.1, 0.15) is 0 Å². The Morgan fingerprint density at radius 3 is 2.75 bits per heavy atom. The van der Waals surface area contributed by atoms with Crippen molar-refractivity contribution in [3.63, 3.8) is 0 Å². The topological polar surface area (TPSA) is 38.1 Å². The van der Waals surface area contributed by atoms with E-state index in [1.165, 1.54) is 10.4 Å². The molecule has 0 saturated heterocycles. The van der Waals surface area contributed by atoms with Crippen LogP contribution in [0.5, 0.6) is 0 Å². The van der Waals surface area contributed by atoms with Gasteiger partial charge in [-0.25, -0.2) is 4.98 Å². The monoisotopic (exact) mass is 236 g/mol. The van der Waals surface area contributed by atoms with E-state index in [0.29, 0.717) is 0 Å². The molecule has 1 unspecified atom stereocenters. The van der Waals surface area contributed by atoms with Gasteiger partial charge in [0.15, 0.2) is 5.76 Å². The van der Waals surface area contributed by atoms with Gasteiger partial charge in [-0.3, -0.25) is 0 Å². The van der Waals surface area contributed by atoms with Gasteiger partial charge in [0.05, 0.1) is 17.1 Å². The van der Waals surface area contributed by atoms with Gasteiger partial charge in [0.25, 0.3) is 0 Å². The normalized spacial score (nSPS) is 13.0. The van der Waals surface area contributed by atoms with E-state index >= 15 is 0 Å². The summed E-state index contributed by atoms with van der Waals surface area (Å²) in [6.07, 6.45) is 1.80. The minimum absolute atomic E-state index is 0.149. The predicted octanol–water partition coefficient (Wildman–Crippen LogP) is 3.30. The van der Waals surface area contributed by atoms with E-state index in [0.717, 1.165) is 16.5 Å². The molecule has 0 bridgehead atoms. The average Bonchev–Trinajstić information content (AvgIpc) is 2.86. The fraction of sp³-hybridized carbons (Fsp3) is 0.417. The predicted molar refractivity (Wildman–Crippen MR) is 66.8 cm³/mol. The fourth-order valence-corrected chi connectivity index (χ4v) is 2.40. The van der Waals surface area contributed by atoms with Crippen LogP contribution in [0, 0.1) is 13.8 Å². The summed E-state index contributed by atoms with van der Waals surface area (Å²) in [5.41, 5.74) is 1.31. The number of hydrogen-bond donors (Lipinski definition) is 1. The molecule has 2 aromatic heterocycles. The van der Waals surface area contributed by atoms with E-state index in [9.17, 15) is 0 Å². The van der Waals surface area contributed by atoms with Crippen LogP contribution in [0.3, 0.4) is 0 Å². The standard InChI is InChI=1S/C12H16N2OS/c1-7-5-11(16-9(7)3)10-6-14-12(15-10)8(2)13-4/h5-6,8,13H,1-4H3. The van der Waals surface area contributed by atoms with Crippen molar-refractivity contribution in [1.82, 2.24) is 10.3 Å². The summed E-state index contributed by atoms with van der Waals surface area (Å²) in [6, 6.07) is 2.30. The molecule has 3 nitrogen and oxygen atoms in total. The molecule has 0 amide bonds. The highest BCUT2D eigenvalue weighted by molar-refractivity contribution is 7.15. The summed E-state index contributed by atoms with van der Waals surface area (Å²) in [7, 11) is 1.90. The lowest BCUT2D eigenvalue weighted by Gasteiger charge is -2.03. The number of oxazole rings is 1. The summed E-state index contributed by atoms with van der Waals surface area (Å²) < 4.78 is 5.73. The van der Waals surface area contributed by atoms with E-state index in [1.54, 1.807) is 17.5 Å². The minimum Gasteiger partial charge on any atom is -0.438 e. The maximum atomic E-state index is 5.73. The summed E-state index contributed by atoms with van der Waals surface area (Å²) in [5, 5.41) is 3.11. The average molecular weight is 236 g/mol. The molecule has 1 atom stereocenters. The zero-order chi connectivity index (χ0) is 11.7. The molecule has 2 rings (SSSR count). The van der Waals surface area contributed by atoms with Crippen molar-refractivity contribution in [2.24, 2.45) is 0 Å². The second kappa shape index (κ2) is 4.39. The largest absolute Gasteiger partial charge is 0.438 e. The van der Waals surface area contributed by atoms with Gasteiger partial charge < -0.3 is 9.73 Å². The molecular weight excluding hydrogens is 220 g/mol. The Morgan fingerprint density at radius 1 is 1.44 bits per heavy atom. The molecule has 2 aromatic rings. The van der Waals surface area contributed by atoms with Gasteiger partial charge in [-0.2, -0.15) is 0 Å². The van der Waals surface area contributed by atoms with E-state index in [1.807, 2.05) is 14.0 Å². The van der Waals surface area contributed by atoms with Gasteiger partial charge >= 0.3 is 0 Å². The number of aromatic nitrogens is 1. The molecule has 0 aliphatic carbocycles. The van der Waals surface area contributed by atoms with Crippen molar-refractivity contribution in [3.05, 3.63) is 28.6 Å². The van der Waals surface area contributed by atoms with Crippen molar-refractivity contribution in [2.75, 3.05) is 7.05 Å². The summed E-state index contributed by atoms with van der Waals surface area (Å²) in [6.45, 7) is 6.26. The van der Waals surface area contributed by atoms with Crippen LogP contribution in [0.1, 0.15) is 29.3 Å². The molecule has 16 heavy (non-hydrogen) atoms. The highest BCUT2D eigenvalue weighted by atomic mass is 32.1. The first kappa shape index (κ1) is 11.4. The first-order chi connectivity index (χ1) is 7.61. The van der Waals surface area contributed by atoms with E-state index in [-0.39, 0.29) is 6.04 Å². The van der Waals surface area contributed by atoms with Crippen LogP contribution >= 0.6 is 11.3 Å². The zero-order valence-corrected chi connectivity index (χ0v) is 10.8. The first-order valence-corrected chi connectivity index (χ1v) is 6.14. The Morgan fingerprint density at radius 2 is 2.19 bits per heavy atom. The molecule has 0 aliphatic heterocycles. The molecule has 86 valence electrons. The number of thiophene rings is 1. The third-order valence-electron chi connectivity index (χ3n) is 2.74. The molecule has 0 fully saturated rings. The Bertz CT molecular complexity index is 467. The van der Waals surface area contributed by atoms with Crippen LogP contribution in [0.15, 0.2) is 16.7 Å². The number of nitrogens with zero attached hydrogens (tertiary/aromatic N) is 1. The zero-order valence-electron chi connectivity index (χ0n) is 10.00. The summed E-state index contributed by atoms with van der Waals surface area (Å²) in [4.78, 5) is 6.76. The minimum atomic E-state index is 0.149. The number of nitrogens with one attached hydrogen (secondary N) is 1. The van der Waals surface area contributed by atoms with Gasteiger partial charge in [-0.15, -0.1) is 11.3 Å². The van der Waals surface area contributed by atoms with Crippen molar-refractivity contribution in [1.29, 1.82) is 0 Å². The third-order valence-corrected chi connectivity index (χ3v) is 3.90. The molecule has 1 N–H and O–H groups in total. The highest BCUT2D eigenvalue weighted by Crippen LogP contribution is 2.31. The highest BCUT2D eigenvalue weighted by Gasteiger charge is 2.13. The van der Waals surface area contributed by atoms with E-state index in [2.05, 4.69) is 30.2 Å². The van der Waals surface area contributed by atoms with Crippen LogP contribution in [0.25, 0.3) is 10.6 Å². The molecule has 0 radical (unpaired) electrons. The van der Waals surface area contributed by atoms with Crippen LogP contribution in [-0.4, -0.2) is 12.0 Å². The Kier molecular flexibility index (Phi) is 3.12. The maximum Gasteiger partial charge on any atom is 0.211 e. The lowest BCUT2D eigenvalue weighted by molar-refractivity contribution is 0.442. The Balaban J connectivity index is 2.31. The molecule has 2 heterocycles. The molecule has 0 aliphatic rings. The first-order valence-electron chi connectivity index (χ1n) is 5.32. The van der Waals surface area contributed by atoms with Crippen molar-refractivity contribution >= 4 is 11.3 Å². The SMILES string of the molecule is CNC(C)c1ncc(-c2cc(C)c(C)s2)o1. The smallest absolute Gasteiger partial charge is 0.211 e. The Labute approximate surface area is 99.5 Å². The van der Waals surface area contributed by atoms with Gasteiger partial charge in [0, 0.05) is 4.88 Å². The van der Waals surface area contributed by atoms with Crippen molar-refractivity contribution in [3.8, 4) is 10.6 Å². The van der Waals surface area contributed by atoms with Crippen molar-refractivity contribution < 1.29 is 4.42 Å². The van der Waals surface area contributed by atoms with Gasteiger partial charge in [-0.05, 0) is 39.4 Å². The lowest BCUT2D eigenvalue weighted by Crippen LogP contribution is -2.12. The number of hydrogen-bond acceptors (Lipinski definition) is 4. The second-order valence-corrected chi connectivity index (χ2v) is 5.18. The van der Waals surface area contributed by atoms with Crippen LogP contribution in [0.4, 0.5) is 0 Å². The Hall–Kier alpha value is -1.13. The molecular formula is C12H16N2OS. The van der Waals surface area contributed by atoms with Gasteiger partial charge in [-0.1, -0.05) is 0 Å². The van der Waals surface area contributed by atoms with Crippen LogP contribution in [0.2, 0.25) is 0 Å². The molecule has 0 saturated carbocycles. The van der Waals surface area contributed by atoms with Crippen LogP contribution < -0.4 is 5.32 Å². The number of rotatable bonds is 3. The molecule has 0 aromatic carbocycles. The van der Waals surface area contributed by atoms with Crippen molar-refractivity contribution in [2.45, 2.75) is 26.8 Å². The summed E-state index contributed by atoms with van der Waals surface area (Å²) >= 11 is 1.75. The van der Waals surface area contributed by atoms with E-state index in [4.69, 9.17) is 4.42 Å². The van der Waals surface area contributed by atoms with Gasteiger partial charge in [0.2, 0.25) is 5.89 Å². The maximum absolute atomic E-state index is 5.73. The molecule has 4 heteroatoms. The third kappa shape index (κ3) is 2.03. The second-order valence-electron chi connectivity index (χ2n) is 3.92.